The molecular formula is C18H23N3O4S2. The zero-order chi connectivity index (χ0) is 19.7. The average Bonchev–Trinajstić information content (AvgIpc) is 2.64. The van der Waals surface area contributed by atoms with Crippen molar-refractivity contribution >= 4 is 25.7 Å². The van der Waals surface area contributed by atoms with Gasteiger partial charge in [0.2, 0.25) is 10.0 Å². The number of hydrogen-bond acceptors (Lipinski definition) is 5. The Labute approximate surface area is 160 Å². The molecule has 0 saturated carbocycles. The van der Waals surface area contributed by atoms with E-state index in [1.807, 2.05) is 7.05 Å². The van der Waals surface area contributed by atoms with Gasteiger partial charge in [-0.25, -0.2) is 16.8 Å². The molecule has 0 spiro atoms. The largest absolute Gasteiger partial charge is 0.304 e. The summed E-state index contributed by atoms with van der Waals surface area (Å²) in [5.41, 5.74) is 0.800. The maximum absolute atomic E-state index is 13.0. The average molecular weight is 410 g/mol. The lowest BCUT2D eigenvalue weighted by molar-refractivity contribution is 0.222. The van der Waals surface area contributed by atoms with Crippen molar-refractivity contribution in [2.24, 2.45) is 0 Å². The summed E-state index contributed by atoms with van der Waals surface area (Å²) in [6, 6.07) is 12.5. The molecule has 1 saturated heterocycles. The lowest BCUT2D eigenvalue weighted by atomic mass is 10.2. The Morgan fingerprint density at radius 3 is 2.15 bits per heavy atom. The van der Waals surface area contributed by atoms with Crippen LogP contribution in [-0.2, 0) is 20.0 Å². The fourth-order valence-corrected chi connectivity index (χ4v) is 5.67. The topological polar surface area (TPSA) is 86.8 Å². The summed E-state index contributed by atoms with van der Waals surface area (Å²) < 4.78 is 55.0. The van der Waals surface area contributed by atoms with Crippen LogP contribution in [-0.4, -0.2) is 59.3 Å². The van der Waals surface area contributed by atoms with Gasteiger partial charge in [0.05, 0.1) is 15.5 Å². The number of nitrogens with zero attached hydrogens (tertiary/aromatic N) is 2. The minimum absolute atomic E-state index is 0.119. The molecule has 9 heteroatoms. The fourth-order valence-electron chi connectivity index (χ4n) is 2.92. The van der Waals surface area contributed by atoms with Gasteiger partial charge in [-0.05, 0) is 43.8 Å². The van der Waals surface area contributed by atoms with E-state index in [1.54, 1.807) is 37.3 Å². The number of aryl methyl sites for hydroxylation is 1. The number of rotatable bonds is 5. The molecule has 2 aromatic carbocycles. The van der Waals surface area contributed by atoms with Gasteiger partial charge in [-0.1, -0.05) is 24.3 Å². The smallest absolute Gasteiger partial charge is 0.261 e. The van der Waals surface area contributed by atoms with Crippen molar-refractivity contribution in [2.75, 3.05) is 37.9 Å². The van der Waals surface area contributed by atoms with E-state index in [-0.39, 0.29) is 15.5 Å². The standard InChI is InChI=1S/C18H23N3O4S2/c1-15-8-9-16(19-26(22,23)17-6-4-3-5-7-17)14-18(15)27(24,25)21-12-10-20(2)11-13-21/h3-9,14,19H,10-13H2,1-2H3. The maximum Gasteiger partial charge on any atom is 0.261 e. The fraction of sp³-hybridized carbons (Fsp3) is 0.333. The second-order valence-corrected chi connectivity index (χ2v) is 10.2. The molecule has 1 heterocycles. The molecule has 7 nitrogen and oxygen atoms in total. The van der Waals surface area contributed by atoms with Crippen LogP contribution in [0.25, 0.3) is 0 Å². The molecule has 1 N–H and O–H groups in total. The predicted octanol–water partition coefficient (Wildman–Crippen LogP) is 1.73. The molecule has 146 valence electrons. The Hall–Kier alpha value is -1.94. The third kappa shape index (κ3) is 4.32. The Kier molecular flexibility index (Phi) is 5.57. The van der Waals surface area contributed by atoms with Crippen molar-refractivity contribution in [3.05, 3.63) is 54.1 Å². The van der Waals surface area contributed by atoms with Crippen LogP contribution in [0, 0.1) is 6.92 Å². The van der Waals surface area contributed by atoms with E-state index in [2.05, 4.69) is 9.62 Å². The minimum atomic E-state index is -3.79. The van der Waals surface area contributed by atoms with E-state index in [9.17, 15) is 16.8 Å². The summed E-state index contributed by atoms with van der Waals surface area (Å²) in [7, 11) is -5.52. The molecular weight excluding hydrogens is 386 g/mol. The highest BCUT2D eigenvalue weighted by Gasteiger charge is 2.29. The summed E-state index contributed by atoms with van der Waals surface area (Å²) in [6.45, 7) is 3.87. The number of hydrogen-bond donors (Lipinski definition) is 1. The van der Waals surface area contributed by atoms with Gasteiger partial charge < -0.3 is 4.90 Å². The van der Waals surface area contributed by atoms with Gasteiger partial charge in [-0.3, -0.25) is 4.72 Å². The van der Waals surface area contributed by atoms with Crippen LogP contribution in [0.4, 0.5) is 5.69 Å². The van der Waals surface area contributed by atoms with Crippen molar-refractivity contribution in [3.8, 4) is 0 Å². The highest BCUT2D eigenvalue weighted by molar-refractivity contribution is 7.92. The highest BCUT2D eigenvalue weighted by Crippen LogP contribution is 2.26. The molecule has 0 aromatic heterocycles. The highest BCUT2D eigenvalue weighted by atomic mass is 32.2. The lowest BCUT2D eigenvalue weighted by Gasteiger charge is -2.32. The SMILES string of the molecule is Cc1ccc(NS(=O)(=O)c2ccccc2)cc1S(=O)(=O)N1CCN(C)CC1. The van der Waals surface area contributed by atoms with Gasteiger partial charge in [0.25, 0.3) is 10.0 Å². The van der Waals surface area contributed by atoms with Gasteiger partial charge in [-0.2, -0.15) is 4.31 Å². The molecule has 2 aromatic rings. The first-order valence-electron chi connectivity index (χ1n) is 8.57. The van der Waals surface area contributed by atoms with E-state index in [0.717, 1.165) is 0 Å². The van der Waals surface area contributed by atoms with E-state index in [1.165, 1.54) is 22.5 Å². The summed E-state index contributed by atoms with van der Waals surface area (Å²) in [5.74, 6) is 0. The number of likely N-dealkylation sites (N-methyl/N-ethyl adjacent to an activating group) is 1. The summed E-state index contributed by atoms with van der Waals surface area (Å²) in [5, 5.41) is 0. The van der Waals surface area contributed by atoms with Crippen molar-refractivity contribution in [1.82, 2.24) is 9.21 Å². The van der Waals surface area contributed by atoms with Crippen LogP contribution in [0.15, 0.2) is 58.3 Å². The van der Waals surface area contributed by atoms with Crippen LogP contribution >= 0.6 is 0 Å². The van der Waals surface area contributed by atoms with Crippen LogP contribution in [0.3, 0.4) is 0 Å². The summed E-state index contributed by atoms with van der Waals surface area (Å²) >= 11 is 0. The number of sulfonamides is 2. The summed E-state index contributed by atoms with van der Waals surface area (Å²) in [6.07, 6.45) is 0. The van der Waals surface area contributed by atoms with Crippen molar-refractivity contribution in [1.29, 1.82) is 0 Å². The number of benzene rings is 2. The van der Waals surface area contributed by atoms with E-state index >= 15 is 0 Å². The number of anilines is 1. The second kappa shape index (κ2) is 7.59. The van der Waals surface area contributed by atoms with Gasteiger partial charge >= 0.3 is 0 Å². The zero-order valence-corrected chi connectivity index (χ0v) is 16.9. The van der Waals surface area contributed by atoms with Crippen LogP contribution in [0.5, 0.6) is 0 Å². The molecule has 27 heavy (non-hydrogen) atoms. The molecule has 0 amide bonds. The van der Waals surface area contributed by atoms with Crippen LogP contribution in [0.2, 0.25) is 0 Å². The van der Waals surface area contributed by atoms with Gasteiger partial charge in [0, 0.05) is 26.2 Å². The quantitative estimate of drug-likeness (QED) is 0.813. The Balaban J connectivity index is 1.91. The number of nitrogens with one attached hydrogen (secondary N) is 1. The van der Waals surface area contributed by atoms with Crippen molar-refractivity contribution < 1.29 is 16.8 Å². The molecule has 0 radical (unpaired) electrons. The Morgan fingerprint density at radius 1 is 0.889 bits per heavy atom. The normalized spacial score (nSPS) is 17.0. The Morgan fingerprint density at radius 2 is 1.52 bits per heavy atom. The lowest BCUT2D eigenvalue weighted by Crippen LogP contribution is -2.47. The van der Waals surface area contributed by atoms with Crippen LogP contribution in [0.1, 0.15) is 5.56 Å². The maximum atomic E-state index is 13.0. The molecule has 0 atom stereocenters. The third-order valence-electron chi connectivity index (χ3n) is 4.57. The van der Waals surface area contributed by atoms with Crippen molar-refractivity contribution in [2.45, 2.75) is 16.7 Å². The minimum Gasteiger partial charge on any atom is -0.304 e. The second-order valence-electron chi connectivity index (χ2n) is 6.61. The molecule has 3 rings (SSSR count). The van der Waals surface area contributed by atoms with Gasteiger partial charge in [0.1, 0.15) is 0 Å². The third-order valence-corrected chi connectivity index (χ3v) is 8.01. The first kappa shape index (κ1) is 19.8. The zero-order valence-electron chi connectivity index (χ0n) is 15.3. The molecule has 1 aliphatic heterocycles. The monoisotopic (exact) mass is 409 g/mol. The number of piperazine rings is 1. The van der Waals surface area contributed by atoms with Gasteiger partial charge in [0.15, 0.2) is 0 Å². The van der Waals surface area contributed by atoms with Gasteiger partial charge in [-0.15, -0.1) is 0 Å². The van der Waals surface area contributed by atoms with Crippen molar-refractivity contribution in [3.63, 3.8) is 0 Å². The Bertz CT molecular complexity index is 1010. The molecule has 0 aliphatic carbocycles. The van der Waals surface area contributed by atoms with E-state index < -0.39 is 20.0 Å². The molecule has 0 bridgehead atoms. The van der Waals surface area contributed by atoms with E-state index in [0.29, 0.717) is 31.7 Å². The first-order valence-corrected chi connectivity index (χ1v) is 11.5. The first-order chi connectivity index (χ1) is 12.7. The predicted molar refractivity (Wildman–Crippen MR) is 105 cm³/mol. The molecule has 0 unspecified atom stereocenters. The summed E-state index contributed by atoms with van der Waals surface area (Å²) in [4.78, 5) is 2.32. The molecule has 1 fully saturated rings. The molecule has 1 aliphatic rings. The van der Waals surface area contributed by atoms with E-state index in [4.69, 9.17) is 0 Å². The van der Waals surface area contributed by atoms with Crippen LogP contribution < -0.4 is 4.72 Å².